The molecule has 0 spiro atoms. The zero-order valence-electron chi connectivity index (χ0n) is 11.9. The summed E-state index contributed by atoms with van der Waals surface area (Å²) in [6.07, 6.45) is 9.06. The third-order valence-corrected chi connectivity index (χ3v) is 5.31. The van der Waals surface area contributed by atoms with Crippen LogP contribution in [0.2, 0.25) is 0 Å². The maximum atomic E-state index is 6.18. The number of rotatable bonds is 6. The van der Waals surface area contributed by atoms with Gasteiger partial charge in [-0.3, -0.25) is 0 Å². The van der Waals surface area contributed by atoms with Crippen molar-refractivity contribution < 1.29 is 4.74 Å². The summed E-state index contributed by atoms with van der Waals surface area (Å²) >= 11 is 2.66. The minimum atomic E-state index is 0.455. The van der Waals surface area contributed by atoms with Crippen LogP contribution in [0.1, 0.15) is 66.2 Å². The molecular weight excluding hydrogens is 323 g/mol. The Bertz CT molecular complexity index is 205. The van der Waals surface area contributed by atoms with Crippen molar-refractivity contribution in [1.29, 1.82) is 0 Å². The number of ether oxygens (including phenoxy) is 1. The van der Waals surface area contributed by atoms with E-state index in [2.05, 4.69) is 50.3 Å². The molecule has 0 bridgehead atoms. The van der Waals surface area contributed by atoms with E-state index in [-0.39, 0.29) is 0 Å². The van der Waals surface area contributed by atoms with Crippen molar-refractivity contribution >= 4 is 22.6 Å². The van der Waals surface area contributed by atoms with Crippen molar-refractivity contribution in [3.8, 4) is 0 Å². The Labute approximate surface area is 121 Å². The summed E-state index contributed by atoms with van der Waals surface area (Å²) in [6.45, 7) is 9.13. The Morgan fingerprint density at radius 1 is 1.24 bits per heavy atom. The van der Waals surface area contributed by atoms with Gasteiger partial charge in [-0.1, -0.05) is 69.0 Å². The fourth-order valence-corrected chi connectivity index (χ4v) is 4.41. The zero-order chi connectivity index (χ0) is 12.8. The first kappa shape index (κ1) is 15.7. The molecule has 0 amide bonds. The summed E-state index contributed by atoms with van der Waals surface area (Å²) < 4.78 is 6.99. The molecule has 0 aromatic carbocycles. The van der Waals surface area contributed by atoms with Crippen molar-refractivity contribution in [3.63, 3.8) is 0 Å². The summed E-state index contributed by atoms with van der Waals surface area (Å²) in [6, 6.07) is 0. The first-order valence-electron chi connectivity index (χ1n) is 7.35. The summed E-state index contributed by atoms with van der Waals surface area (Å²) in [5.74, 6) is 1.44. The maximum Gasteiger partial charge on any atom is 0.0639 e. The molecule has 1 rings (SSSR count). The third-order valence-electron chi connectivity index (χ3n) is 3.88. The largest absolute Gasteiger partial charge is 0.375 e. The lowest BCUT2D eigenvalue weighted by Crippen LogP contribution is -2.43. The first-order chi connectivity index (χ1) is 8.06. The minimum absolute atomic E-state index is 0.455. The summed E-state index contributed by atoms with van der Waals surface area (Å²) in [5, 5.41) is 0. The van der Waals surface area contributed by atoms with Gasteiger partial charge in [-0.05, 0) is 31.6 Å². The number of halogens is 1. The molecule has 1 saturated heterocycles. The fourth-order valence-electron chi connectivity index (χ4n) is 2.93. The lowest BCUT2D eigenvalue weighted by molar-refractivity contribution is -0.0929. The molecule has 0 radical (unpaired) electrons. The molecule has 0 aromatic heterocycles. The Morgan fingerprint density at radius 3 is 2.53 bits per heavy atom. The normalized spacial score (nSPS) is 34.2. The minimum Gasteiger partial charge on any atom is -0.375 e. The molecule has 102 valence electrons. The molecular formula is C15H29IO. The number of hydrogen-bond donors (Lipinski definition) is 0. The highest BCUT2D eigenvalue weighted by molar-refractivity contribution is 14.1. The summed E-state index contributed by atoms with van der Waals surface area (Å²) in [5.41, 5.74) is 0. The Morgan fingerprint density at radius 2 is 1.94 bits per heavy atom. The van der Waals surface area contributed by atoms with E-state index in [1.807, 2.05) is 0 Å². The van der Waals surface area contributed by atoms with Gasteiger partial charge in [0.15, 0.2) is 0 Å². The number of hydrogen-bond acceptors (Lipinski definition) is 1. The van der Waals surface area contributed by atoms with Gasteiger partial charge in [0.05, 0.1) is 12.2 Å². The highest BCUT2D eigenvalue weighted by Gasteiger charge is 2.36. The van der Waals surface area contributed by atoms with Gasteiger partial charge in [0.1, 0.15) is 0 Å². The average Bonchev–Trinajstić information content (AvgIpc) is 2.25. The molecule has 0 unspecified atom stereocenters. The van der Waals surface area contributed by atoms with Gasteiger partial charge in [-0.15, -0.1) is 0 Å². The lowest BCUT2D eigenvalue weighted by atomic mass is 9.82. The van der Waals surface area contributed by atoms with Crippen molar-refractivity contribution in [1.82, 2.24) is 0 Å². The SMILES string of the molecule is CCCCCC[C@@H]1[C@@H](I)C[C@@H](C)O[C@H]1C(C)C. The number of alkyl halides is 1. The smallest absolute Gasteiger partial charge is 0.0639 e. The first-order valence-corrected chi connectivity index (χ1v) is 8.60. The van der Waals surface area contributed by atoms with Crippen molar-refractivity contribution in [2.45, 2.75) is 82.4 Å². The molecule has 4 atom stereocenters. The molecule has 1 aliphatic heterocycles. The van der Waals surface area contributed by atoms with Crippen LogP contribution >= 0.6 is 22.6 Å². The second-order valence-electron chi connectivity index (χ2n) is 5.92. The predicted octanol–water partition coefficient (Wildman–Crippen LogP) is 5.21. The second-order valence-corrected chi connectivity index (χ2v) is 7.52. The molecule has 0 aliphatic carbocycles. The van der Waals surface area contributed by atoms with Gasteiger partial charge in [-0.25, -0.2) is 0 Å². The molecule has 1 heterocycles. The van der Waals surface area contributed by atoms with Crippen LogP contribution in [-0.2, 0) is 4.74 Å². The van der Waals surface area contributed by atoms with Gasteiger partial charge >= 0.3 is 0 Å². The van der Waals surface area contributed by atoms with E-state index in [4.69, 9.17) is 4.74 Å². The second kappa shape index (κ2) is 7.98. The number of unbranched alkanes of at least 4 members (excludes halogenated alkanes) is 3. The van der Waals surface area contributed by atoms with Crippen LogP contribution in [0, 0.1) is 11.8 Å². The fraction of sp³-hybridized carbons (Fsp3) is 1.00. The highest BCUT2D eigenvalue weighted by Crippen LogP contribution is 2.37. The van der Waals surface area contributed by atoms with E-state index < -0.39 is 0 Å². The van der Waals surface area contributed by atoms with E-state index in [0.717, 1.165) is 9.84 Å². The van der Waals surface area contributed by atoms with E-state index in [9.17, 15) is 0 Å². The monoisotopic (exact) mass is 352 g/mol. The van der Waals surface area contributed by atoms with Crippen molar-refractivity contribution in [2.24, 2.45) is 11.8 Å². The van der Waals surface area contributed by atoms with Gasteiger partial charge in [0.25, 0.3) is 0 Å². The van der Waals surface area contributed by atoms with Crippen LogP contribution in [-0.4, -0.2) is 16.1 Å². The van der Waals surface area contributed by atoms with Gasteiger partial charge in [-0.2, -0.15) is 0 Å². The van der Waals surface area contributed by atoms with E-state index in [1.54, 1.807) is 0 Å². The molecule has 0 aromatic rings. The van der Waals surface area contributed by atoms with E-state index in [0.29, 0.717) is 18.1 Å². The van der Waals surface area contributed by atoms with E-state index >= 15 is 0 Å². The molecule has 1 aliphatic rings. The third kappa shape index (κ3) is 5.06. The van der Waals surface area contributed by atoms with Crippen LogP contribution in [0.25, 0.3) is 0 Å². The topological polar surface area (TPSA) is 9.23 Å². The predicted molar refractivity (Wildman–Crippen MR) is 83.8 cm³/mol. The Balaban J connectivity index is 2.46. The molecule has 1 fully saturated rings. The Hall–Kier alpha value is 0.690. The molecule has 17 heavy (non-hydrogen) atoms. The van der Waals surface area contributed by atoms with Crippen molar-refractivity contribution in [3.05, 3.63) is 0 Å². The molecule has 1 nitrogen and oxygen atoms in total. The van der Waals surface area contributed by atoms with Crippen LogP contribution in [0.5, 0.6) is 0 Å². The van der Waals surface area contributed by atoms with Crippen LogP contribution in [0.4, 0.5) is 0 Å². The summed E-state index contributed by atoms with van der Waals surface area (Å²) in [4.78, 5) is 0. The van der Waals surface area contributed by atoms with Crippen LogP contribution in [0.3, 0.4) is 0 Å². The van der Waals surface area contributed by atoms with Crippen LogP contribution in [0.15, 0.2) is 0 Å². The van der Waals surface area contributed by atoms with Gasteiger partial charge in [0, 0.05) is 3.92 Å². The van der Waals surface area contributed by atoms with Gasteiger partial charge < -0.3 is 4.74 Å². The van der Waals surface area contributed by atoms with E-state index in [1.165, 1.54) is 38.5 Å². The maximum absolute atomic E-state index is 6.18. The van der Waals surface area contributed by atoms with Crippen LogP contribution < -0.4 is 0 Å². The standard InChI is InChI=1S/C15H29IO/c1-5-6-7-8-9-13-14(16)10-12(4)17-15(13)11(2)3/h11-15H,5-10H2,1-4H3/t12-,13-,14+,15+/m1/s1. The zero-order valence-corrected chi connectivity index (χ0v) is 14.1. The average molecular weight is 352 g/mol. The summed E-state index contributed by atoms with van der Waals surface area (Å²) in [7, 11) is 0. The van der Waals surface area contributed by atoms with Crippen molar-refractivity contribution in [2.75, 3.05) is 0 Å². The lowest BCUT2D eigenvalue weighted by Gasteiger charge is -2.41. The molecule has 0 saturated carbocycles. The quantitative estimate of drug-likeness (QED) is 0.362. The van der Waals surface area contributed by atoms with Gasteiger partial charge in [0.2, 0.25) is 0 Å². The highest BCUT2D eigenvalue weighted by atomic mass is 127. The Kier molecular flexibility index (Phi) is 7.39. The molecule has 0 N–H and O–H groups in total. The molecule has 2 heteroatoms.